The Kier molecular flexibility index (Phi) is 4.96. The molecule has 0 aliphatic carbocycles. The number of piperazine rings is 1. The highest BCUT2D eigenvalue weighted by Gasteiger charge is 2.23. The molecule has 1 amide bonds. The van der Waals surface area contributed by atoms with Gasteiger partial charge in [-0.15, -0.1) is 0 Å². The molecule has 0 saturated carbocycles. The van der Waals surface area contributed by atoms with E-state index in [4.69, 9.17) is 10.7 Å². The van der Waals surface area contributed by atoms with Crippen molar-refractivity contribution in [3.05, 3.63) is 59.9 Å². The number of para-hydroxylation sites is 1. The van der Waals surface area contributed by atoms with Crippen LogP contribution in [0, 0.1) is 5.82 Å². The van der Waals surface area contributed by atoms with Crippen LogP contribution in [0.25, 0.3) is 0 Å². The molecule has 1 heterocycles. The Hall–Kier alpha value is -2.12. The van der Waals surface area contributed by atoms with Crippen molar-refractivity contribution in [3.8, 4) is 0 Å². The minimum absolute atomic E-state index is 0.0462. The average molecular weight is 383 g/mol. The van der Waals surface area contributed by atoms with Crippen LogP contribution in [0.15, 0.2) is 53.4 Å². The van der Waals surface area contributed by atoms with E-state index >= 15 is 0 Å². The Morgan fingerprint density at radius 2 is 1.56 bits per heavy atom. The molecule has 1 fully saturated rings. The fourth-order valence-electron chi connectivity index (χ4n) is 2.80. The van der Waals surface area contributed by atoms with E-state index in [2.05, 4.69) is 0 Å². The van der Waals surface area contributed by atoms with Crippen molar-refractivity contribution in [2.45, 2.75) is 4.90 Å². The van der Waals surface area contributed by atoms with Crippen molar-refractivity contribution in [3.63, 3.8) is 0 Å². The smallest absolute Gasteiger partial charge is 0.261 e. The first-order valence-electron chi connectivity index (χ1n) is 7.70. The summed E-state index contributed by atoms with van der Waals surface area (Å²) in [6.45, 7) is 1.98. The van der Waals surface area contributed by atoms with Crippen LogP contribution in [0.1, 0.15) is 10.4 Å². The topological polar surface area (TPSA) is 57.7 Å². The first-order valence-corrected chi connectivity index (χ1v) is 10.0. The summed E-state index contributed by atoms with van der Waals surface area (Å²) < 4.78 is 36.3. The van der Waals surface area contributed by atoms with Crippen molar-refractivity contribution in [2.75, 3.05) is 31.1 Å². The third-order valence-electron chi connectivity index (χ3n) is 4.14. The average Bonchev–Trinajstić information content (AvgIpc) is 2.61. The molecule has 0 aromatic heterocycles. The van der Waals surface area contributed by atoms with Crippen molar-refractivity contribution >= 4 is 31.3 Å². The van der Waals surface area contributed by atoms with E-state index in [9.17, 15) is 17.6 Å². The molecule has 0 radical (unpaired) electrons. The highest BCUT2D eigenvalue weighted by Crippen LogP contribution is 2.21. The predicted octanol–water partition coefficient (Wildman–Crippen LogP) is 2.72. The second-order valence-corrected chi connectivity index (χ2v) is 8.26. The summed E-state index contributed by atoms with van der Waals surface area (Å²) >= 11 is 0. The van der Waals surface area contributed by atoms with Gasteiger partial charge in [0.15, 0.2) is 0 Å². The summed E-state index contributed by atoms with van der Waals surface area (Å²) in [5.41, 5.74) is 0.926. The first-order chi connectivity index (χ1) is 11.9. The lowest BCUT2D eigenvalue weighted by molar-refractivity contribution is 0.0746. The van der Waals surface area contributed by atoms with Gasteiger partial charge >= 0.3 is 0 Å². The fraction of sp³-hybridized carbons (Fsp3) is 0.235. The highest BCUT2D eigenvalue weighted by molar-refractivity contribution is 8.13. The molecule has 2 aromatic carbocycles. The van der Waals surface area contributed by atoms with Gasteiger partial charge in [0.05, 0.1) is 10.6 Å². The summed E-state index contributed by atoms with van der Waals surface area (Å²) in [6.07, 6.45) is 0. The number of carbonyl (C=O) groups excluding carboxylic acids is 1. The number of rotatable bonds is 3. The number of nitrogens with zero attached hydrogens (tertiary/aromatic N) is 2. The molecule has 1 aliphatic rings. The van der Waals surface area contributed by atoms with Gasteiger partial charge in [-0.1, -0.05) is 12.1 Å². The molecule has 8 heteroatoms. The summed E-state index contributed by atoms with van der Waals surface area (Å²) in [7, 11) is 1.46. The van der Waals surface area contributed by atoms with Gasteiger partial charge in [0.2, 0.25) is 0 Å². The third kappa shape index (κ3) is 3.93. The molecule has 5 nitrogen and oxygen atoms in total. The summed E-state index contributed by atoms with van der Waals surface area (Å²) in [6, 6.07) is 12.1. The van der Waals surface area contributed by atoms with Crippen molar-refractivity contribution in [1.82, 2.24) is 4.90 Å². The SMILES string of the molecule is O=C(c1ccc(S(=O)(=O)Cl)cc1)N1CCN(c2ccccc2F)CC1. The number of benzene rings is 2. The number of anilines is 1. The van der Waals surface area contributed by atoms with Gasteiger partial charge in [-0.25, -0.2) is 12.8 Å². The van der Waals surface area contributed by atoms with E-state index < -0.39 is 9.05 Å². The number of halogens is 2. The summed E-state index contributed by atoms with van der Waals surface area (Å²) in [4.78, 5) is 16.0. The molecular formula is C17H16ClFN2O3S. The molecule has 1 saturated heterocycles. The Balaban J connectivity index is 1.67. The van der Waals surface area contributed by atoms with Gasteiger partial charge in [-0.2, -0.15) is 0 Å². The normalized spacial score (nSPS) is 15.3. The minimum atomic E-state index is -3.81. The largest absolute Gasteiger partial charge is 0.366 e. The lowest BCUT2D eigenvalue weighted by atomic mass is 10.1. The van der Waals surface area contributed by atoms with Gasteiger partial charge < -0.3 is 9.80 Å². The van der Waals surface area contributed by atoms with Gasteiger partial charge in [-0.3, -0.25) is 4.79 Å². The van der Waals surface area contributed by atoms with Gasteiger partial charge in [0, 0.05) is 42.4 Å². The first kappa shape index (κ1) is 17.7. The van der Waals surface area contributed by atoms with Crippen molar-refractivity contribution in [1.29, 1.82) is 0 Å². The minimum Gasteiger partial charge on any atom is -0.366 e. The van der Waals surface area contributed by atoms with Crippen LogP contribution in [-0.2, 0) is 9.05 Å². The zero-order valence-corrected chi connectivity index (χ0v) is 14.8. The Labute approximate surface area is 150 Å². The van der Waals surface area contributed by atoms with E-state index in [1.165, 1.54) is 30.3 Å². The van der Waals surface area contributed by atoms with Crippen LogP contribution >= 0.6 is 10.7 Å². The highest BCUT2D eigenvalue weighted by atomic mass is 35.7. The van der Waals surface area contributed by atoms with Crippen LogP contribution in [0.5, 0.6) is 0 Å². The predicted molar refractivity (Wildman–Crippen MR) is 94.0 cm³/mol. The molecule has 0 unspecified atom stereocenters. The second kappa shape index (κ2) is 7.01. The van der Waals surface area contributed by atoms with Crippen LogP contribution in [0.4, 0.5) is 10.1 Å². The van der Waals surface area contributed by atoms with Crippen molar-refractivity contribution in [2.24, 2.45) is 0 Å². The molecule has 0 spiro atoms. The fourth-order valence-corrected chi connectivity index (χ4v) is 3.57. The maximum absolute atomic E-state index is 13.8. The Morgan fingerprint density at radius 3 is 2.12 bits per heavy atom. The summed E-state index contributed by atoms with van der Waals surface area (Å²) in [5, 5.41) is 0. The van der Waals surface area contributed by atoms with Crippen LogP contribution in [-0.4, -0.2) is 45.4 Å². The van der Waals surface area contributed by atoms with Crippen molar-refractivity contribution < 1.29 is 17.6 Å². The number of amides is 1. The molecule has 25 heavy (non-hydrogen) atoms. The van der Waals surface area contributed by atoms with Gasteiger partial charge in [0.1, 0.15) is 5.82 Å². The number of carbonyl (C=O) groups is 1. The molecule has 0 atom stereocenters. The Morgan fingerprint density at radius 1 is 0.960 bits per heavy atom. The lowest BCUT2D eigenvalue weighted by Crippen LogP contribution is -2.49. The van der Waals surface area contributed by atoms with E-state index in [0.717, 1.165) is 0 Å². The number of hydrogen-bond donors (Lipinski definition) is 0. The lowest BCUT2D eigenvalue weighted by Gasteiger charge is -2.36. The van der Waals surface area contributed by atoms with E-state index in [1.807, 2.05) is 4.90 Å². The summed E-state index contributed by atoms with van der Waals surface area (Å²) in [5.74, 6) is -0.466. The van der Waals surface area contributed by atoms with E-state index in [1.54, 1.807) is 23.1 Å². The van der Waals surface area contributed by atoms with E-state index in [0.29, 0.717) is 37.4 Å². The molecule has 3 rings (SSSR count). The quantitative estimate of drug-likeness (QED) is 0.766. The molecule has 132 valence electrons. The van der Waals surface area contributed by atoms with Gasteiger partial charge in [-0.05, 0) is 36.4 Å². The van der Waals surface area contributed by atoms with Crippen LogP contribution in [0.2, 0.25) is 0 Å². The molecule has 0 bridgehead atoms. The third-order valence-corrected chi connectivity index (χ3v) is 5.51. The van der Waals surface area contributed by atoms with Crippen LogP contribution in [0.3, 0.4) is 0 Å². The standard InChI is InChI=1S/C17H16ClFN2O3S/c18-25(23,24)14-7-5-13(6-8-14)17(22)21-11-9-20(10-12-21)16-4-2-1-3-15(16)19/h1-8H,9-12H2. The maximum atomic E-state index is 13.8. The zero-order chi connectivity index (χ0) is 18.0. The molecule has 2 aromatic rings. The Bertz CT molecular complexity index is 879. The molecular weight excluding hydrogens is 367 g/mol. The second-order valence-electron chi connectivity index (χ2n) is 5.69. The van der Waals surface area contributed by atoms with Crippen LogP contribution < -0.4 is 4.90 Å². The number of hydrogen-bond acceptors (Lipinski definition) is 4. The molecule has 0 N–H and O–H groups in total. The monoisotopic (exact) mass is 382 g/mol. The van der Waals surface area contributed by atoms with E-state index in [-0.39, 0.29) is 16.6 Å². The zero-order valence-electron chi connectivity index (χ0n) is 13.2. The maximum Gasteiger partial charge on any atom is 0.261 e. The molecule has 1 aliphatic heterocycles. The van der Waals surface area contributed by atoms with Gasteiger partial charge in [0.25, 0.3) is 15.0 Å².